The summed E-state index contributed by atoms with van der Waals surface area (Å²) in [6.45, 7) is 7.79. The first-order chi connectivity index (χ1) is 14.2. The monoisotopic (exact) mass is 431 g/mol. The molecule has 2 N–H and O–H groups in total. The Hall–Kier alpha value is -2.67. The molecule has 0 amide bonds. The number of hydrogen-bond acceptors (Lipinski definition) is 6. The Bertz CT molecular complexity index is 979. The molecule has 0 saturated carbocycles. The van der Waals surface area contributed by atoms with Crippen molar-refractivity contribution in [2.45, 2.75) is 46.1 Å². The van der Waals surface area contributed by atoms with Gasteiger partial charge in [0.05, 0.1) is 21.3 Å². The highest BCUT2D eigenvalue weighted by molar-refractivity contribution is 7.80. The zero-order chi connectivity index (χ0) is 22.2. The van der Waals surface area contributed by atoms with Crippen LogP contribution in [0.15, 0.2) is 12.1 Å². The van der Waals surface area contributed by atoms with Crippen LogP contribution in [0.5, 0.6) is 28.7 Å². The molecule has 0 bridgehead atoms. The topological polar surface area (TPSA) is 69.2 Å². The Labute approximate surface area is 183 Å². The number of benzene rings is 2. The standard InChI is InChI=1S/C23H29NO5S/c1-12-13(2)20-16(14(3)19(12)25)8-9-23(4,29-20)22(30)24-15-10-17(26-5)21(28-7)18(11-15)27-6/h10-11,25H,8-9H2,1-7H3,(H,24,30). The summed E-state index contributed by atoms with van der Waals surface area (Å²) in [4.78, 5) is 0.560. The second-order valence-corrected chi connectivity index (χ2v) is 8.14. The molecule has 1 unspecified atom stereocenters. The second-order valence-electron chi connectivity index (χ2n) is 7.73. The first-order valence-corrected chi connectivity index (χ1v) is 10.2. The van der Waals surface area contributed by atoms with Gasteiger partial charge in [-0.05, 0) is 57.2 Å². The van der Waals surface area contributed by atoms with Crippen LogP contribution in [0.2, 0.25) is 0 Å². The van der Waals surface area contributed by atoms with Crippen LogP contribution < -0.4 is 24.3 Å². The Morgan fingerprint density at radius 1 is 1.03 bits per heavy atom. The van der Waals surface area contributed by atoms with Gasteiger partial charge >= 0.3 is 0 Å². The number of phenols is 1. The Kier molecular flexibility index (Phi) is 6.04. The smallest absolute Gasteiger partial charge is 0.203 e. The number of fused-ring (bicyclic) bond motifs is 1. The normalized spacial score (nSPS) is 17.6. The Morgan fingerprint density at radius 2 is 1.63 bits per heavy atom. The lowest BCUT2D eigenvalue weighted by molar-refractivity contribution is 0.134. The van der Waals surface area contributed by atoms with Gasteiger partial charge in [0.15, 0.2) is 17.1 Å². The van der Waals surface area contributed by atoms with Crippen LogP contribution in [0.3, 0.4) is 0 Å². The minimum atomic E-state index is -0.691. The minimum absolute atomic E-state index is 0.344. The summed E-state index contributed by atoms with van der Waals surface area (Å²) in [5, 5.41) is 13.7. The molecule has 30 heavy (non-hydrogen) atoms. The van der Waals surface area contributed by atoms with Crippen LogP contribution in [-0.4, -0.2) is 37.0 Å². The number of ether oxygens (including phenoxy) is 4. The van der Waals surface area contributed by atoms with E-state index in [2.05, 4.69) is 5.32 Å². The second kappa shape index (κ2) is 8.22. The minimum Gasteiger partial charge on any atom is -0.507 e. The van der Waals surface area contributed by atoms with Crippen molar-refractivity contribution in [3.05, 3.63) is 34.4 Å². The molecular formula is C23H29NO5S. The molecule has 0 radical (unpaired) electrons. The van der Waals surface area contributed by atoms with Gasteiger partial charge < -0.3 is 29.4 Å². The fourth-order valence-electron chi connectivity index (χ4n) is 3.82. The summed E-state index contributed by atoms with van der Waals surface area (Å²) in [6.07, 6.45) is 1.46. The van der Waals surface area contributed by atoms with E-state index in [1.54, 1.807) is 21.3 Å². The van der Waals surface area contributed by atoms with Crippen LogP contribution in [0, 0.1) is 20.8 Å². The van der Waals surface area contributed by atoms with E-state index >= 15 is 0 Å². The van der Waals surface area contributed by atoms with Crippen molar-refractivity contribution in [2.75, 3.05) is 26.6 Å². The largest absolute Gasteiger partial charge is 0.507 e. The van der Waals surface area contributed by atoms with Crippen molar-refractivity contribution in [3.8, 4) is 28.7 Å². The molecular weight excluding hydrogens is 402 g/mol. The molecule has 1 atom stereocenters. The van der Waals surface area contributed by atoms with E-state index in [1.807, 2.05) is 39.8 Å². The van der Waals surface area contributed by atoms with E-state index in [0.29, 0.717) is 34.4 Å². The summed E-state index contributed by atoms with van der Waals surface area (Å²) in [5.41, 5.74) is 3.72. The van der Waals surface area contributed by atoms with Crippen molar-refractivity contribution in [3.63, 3.8) is 0 Å². The average Bonchev–Trinajstić information content (AvgIpc) is 2.75. The summed E-state index contributed by atoms with van der Waals surface area (Å²) in [5.74, 6) is 2.76. The van der Waals surface area contributed by atoms with Crippen molar-refractivity contribution in [1.29, 1.82) is 0 Å². The first kappa shape index (κ1) is 22.0. The molecule has 1 aliphatic heterocycles. The molecule has 0 saturated heterocycles. The Morgan fingerprint density at radius 3 is 2.17 bits per heavy atom. The number of hydrogen-bond donors (Lipinski definition) is 2. The fraction of sp³-hybridized carbons (Fsp3) is 0.435. The number of nitrogens with one attached hydrogen (secondary N) is 1. The van der Waals surface area contributed by atoms with Gasteiger partial charge in [0.25, 0.3) is 0 Å². The van der Waals surface area contributed by atoms with E-state index in [0.717, 1.165) is 40.1 Å². The lowest BCUT2D eigenvalue weighted by Gasteiger charge is -2.38. The highest BCUT2D eigenvalue weighted by atomic mass is 32.1. The van der Waals surface area contributed by atoms with Crippen LogP contribution in [0.4, 0.5) is 5.69 Å². The lowest BCUT2D eigenvalue weighted by atomic mass is 9.87. The highest BCUT2D eigenvalue weighted by Gasteiger charge is 2.38. The van der Waals surface area contributed by atoms with E-state index < -0.39 is 5.60 Å². The van der Waals surface area contributed by atoms with Gasteiger partial charge in [0, 0.05) is 23.4 Å². The molecule has 7 heteroatoms. The van der Waals surface area contributed by atoms with E-state index in [1.165, 1.54) is 0 Å². The molecule has 2 aromatic carbocycles. The maximum Gasteiger partial charge on any atom is 0.203 e. The third-order valence-corrected chi connectivity index (χ3v) is 6.46. The zero-order valence-electron chi connectivity index (χ0n) is 18.6. The quantitative estimate of drug-likeness (QED) is 0.655. The summed E-state index contributed by atoms with van der Waals surface area (Å²) < 4.78 is 22.7. The van der Waals surface area contributed by atoms with Crippen LogP contribution >= 0.6 is 12.2 Å². The first-order valence-electron chi connectivity index (χ1n) is 9.78. The third kappa shape index (κ3) is 3.62. The van der Waals surface area contributed by atoms with Crippen molar-refractivity contribution < 1.29 is 24.1 Å². The van der Waals surface area contributed by atoms with Crippen LogP contribution in [0.1, 0.15) is 35.6 Å². The summed E-state index contributed by atoms with van der Waals surface area (Å²) >= 11 is 5.76. The maximum absolute atomic E-state index is 10.4. The van der Waals surface area contributed by atoms with Gasteiger partial charge in [0.1, 0.15) is 16.5 Å². The molecule has 3 rings (SSSR count). The lowest BCUT2D eigenvalue weighted by Crippen LogP contribution is -2.47. The number of anilines is 1. The van der Waals surface area contributed by atoms with Gasteiger partial charge in [-0.2, -0.15) is 0 Å². The number of thiocarbonyl (C=S) groups is 1. The predicted octanol–water partition coefficient (Wildman–Crippen LogP) is 4.87. The van der Waals surface area contributed by atoms with Crippen molar-refractivity contribution >= 4 is 22.9 Å². The van der Waals surface area contributed by atoms with Gasteiger partial charge in [-0.25, -0.2) is 0 Å². The molecule has 1 aliphatic rings. The molecule has 0 fully saturated rings. The molecule has 0 aromatic heterocycles. The zero-order valence-corrected chi connectivity index (χ0v) is 19.4. The van der Waals surface area contributed by atoms with E-state index in [9.17, 15) is 5.11 Å². The fourth-order valence-corrected chi connectivity index (χ4v) is 4.09. The summed E-state index contributed by atoms with van der Waals surface area (Å²) in [6, 6.07) is 3.62. The van der Waals surface area contributed by atoms with Gasteiger partial charge in [-0.15, -0.1) is 0 Å². The Balaban J connectivity index is 1.92. The third-order valence-electron chi connectivity index (χ3n) is 5.92. The van der Waals surface area contributed by atoms with Gasteiger partial charge in [0.2, 0.25) is 5.75 Å². The molecule has 162 valence electrons. The van der Waals surface area contributed by atoms with Crippen LogP contribution in [-0.2, 0) is 6.42 Å². The predicted molar refractivity (Wildman–Crippen MR) is 122 cm³/mol. The number of methoxy groups -OCH3 is 3. The molecule has 0 aliphatic carbocycles. The highest BCUT2D eigenvalue weighted by Crippen LogP contribution is 2.44. The average molecular weight is 432 g/mol. The van der Waals surface area contributed by atoms with Crippen molar-refractivity contribution in [2.24, 2.45) is 0 Å². The van der Waals surface area contributed by atoms with Gasteiger partial charge in [-0.3, -0.25) is 0 Å². The molecule has 2 aromatic rings. The van der Waals surface area contributed by atoms with Gasteiger partial charge in [-0.1, -0.05) is 12.2 Å². The molecule has 0 spiro atoms. The number of aromatic hydroxyl groups is 1. The maximum atomic E-state index is 10.4. The van der Waals surface area contributed by atoms with Crippen LogP contribution in [0.25, 0.3) is 0 Å². The molecule has 6 nitrogen and oxygen atoms in total. The number of phenolic OH excluding ortho intramolecular Hbond substituents is 1. The number of rotatable bonds is 5. The van der Waals surface area contributed by atoms with Crippen molar-refractivity contribution in [1.82, 2.24) is 0 Å². The van der Waals surface area contributed by atoms with E-state index in [4.69, 9.17) is 31.2 Å². The SMILES string of the molecule is COc1cc(NC(=S)C2(C)CCc3c(C)c(O)c(C)c(C)c3O2)cc(OC)c1OC. The summed E-state index contributed by atoms with van der Waals surface area (Å²) in [7, 11) is 4.71. The molecule has 1 heterocycles. The van der Waals surface area contributed by atoms with E-state index in [-0.39, 0.29) is 0 Å².